The third-order valence-electron chi connectivity index (χ3n) is 3.71. The van der Waals surface area contributed by atoms with E-state index in [0.717, 1.165) is 5.56 Å². The molecule has 5 heteroatoms. The molecule has 5 nitrogen and oxygen atoms in total. The first-order chi connectivity index (χ1) is 11.1. The van der Waals surface area contributed by atoms with Gasteiger partial charge in [-0.05, 0) is 18.6 Å². The monoisotopic (exact) mass is 307 g/mol. The molecule has 0 aliphatic carbocycles. The van der Waals surface area contributed by atoms with E-state index in [0.29, 0.717) is 23.0 Å². The maximum absolute atomic E-state index is 12.1. The number of rotatable bonds is 4. The average Bonchev–Trinajstić information content (AvgIpc) is 2.57. The zero-order chi connectivity index (χ0) is 16.2. The van der Waals surface area contributed by atoms with E-state index < -0.39 is 0 Å². The highest BCUT2D eigenvalue weighted by molar-refractivity contribution is 5.88. The molecule has 0 spiro atoms. The molecule has 1 amide bonds. The molecule has 0 radical (unpaired) electrons. The molecule has 2 aromatic carbocycles. The van der Waals surface area contributed by atoms with Crippen LogP contribution in [0, 0.1) is 6.92 Å². The minimum absolute atomic E-state index is 0.128. The van der Waals surface area contributed by atoms with Crippen LogP contribution in [0.2, 0.25) is 0 Å². The van der Waals surface area contributed by atoms with Gasteiger partial charge in [0.1, 0.15) is 0 Å². The van der Waals surface area contributed by atoms with Crippen LogP contribution >= 0.6 is 0 Å². The second-order valence-corrected chi connectivity index (χ2v) is 5.48. The van der Waals surface area contributed by atoms with Crippen LogP contribution in [0.4, 0.5) is 0 Å². The molecule has 0 aliphatic rings. The third kappa shape index (κ3) is 3.45. The first-order valence-electron chi connectivity index (χ1n) is 7.42. The first kappa shape index (κ1) is 15.0. The summed E-state index contributed by atoms with van der Waals surface area (Å²) < 4.78 is 0. The van der Waals surface area contributed by atoms with Crippen molar-refractivity contribution >= 4 is 16.7 Å². The normalized spacial score (nSPS) is 10.7. The van der Waals surface area contributed by atoms with Gasteiger partial charge in [-0.1, -0.05) is 48.0 Å². The van der Waals surface area contributed by atoms with Crippen molar-refractivity contribution in [2.24, 2.45) is 0 Å². The van der Waals surface area contributed by atoms with Gasteiger partial charge in [-0.25, -0.2) is 5.10 Å². The van der Waals surface area contributed by atoms with Crippen molar-refractivity contribution in [2.75, 3.05) is 0 Å². The standard InChI is InChI=1S/C18H17N3O2/c1-12-6-8-13(9-7-12)11-19-17(22)10-16-14-4-2-3-5-15(14)18(23)21-20-16/h2-9H,10-11H2,1H3,(H,19,22)(H,21,23). The predicted molar refractivity (Wildman–Crippen MR) is 89.1 cm³/mol. The summed E-state index contributed by atoms with van der Waals surface area (Å²) in [6.07, 6.45) is 0.128. The Hall–Kier alpha value is -2.95. The fraction of sp³-hybridized carbons (Fsp3) is 0.167. The maximum Gasteiger partial charge on any atom is 0.272 e. The number of fused-ring (bicyclic) bond motifs is 1. The highest BCUT2D eigenvalue weighted by Crippen LogP contribution is 2.12. The van der Waals surface area contributed by atoms with Crippen LogP contribution < -0.4 is 10.9 Å². The number of carbonyl (C=O) groups is 1. The van der Waals surface area contributed by atoms with E-state index in [2.05, 4.69) is 15.5 Å². The van der Waals surface area contributed by atoms with Crippen LogP contribution in [0.25, 0.3) is 10.8 Å². The number of hydrogen-bond donors (Lipinski definition) is 2. The lowest BCUT2D eigenvalue weighted by atomic mass is 10.1. The first-order valence-corrected chi connectivity index (χ1v) is 7.42. The molecule has 0 saturated carbocycles. The van der Waals surface area contributed by atoms with Gasteiger partial charge >= 0.3 is 0 Å². The Balaban J connectivity index is 1.72. The Morgan fingerprint density at radius 1 is 1.09 bits per heavy atom. The van der Waals surface area contributed by atoms with Gasteiger partial charge in [-0.15, -0.1) is 0 Å². The topological polar surface area (TPSA) is 74.8 Å². The lowest BCUT2D eigenvalue weighted by Gasteiger charge is -2.07. The van der Waals surface area contributed by atoms with Crippen LogP contribution in [-0.4, -0.2) is 16.1 Å². The van der Waals surface area contributed by atoms with Crippen molar-refractivity contribution in [3.63, 3.8) is 0 Å². The average molecular weight is 307 g/mol. The molecule has 3 rings (SSSR count). The summed E-state index contributed by atoms with van der Waals surface area (Å²) in [7, 11) is 0. The van der Waals surface area contributed by atoms with Crippen molar-refractivity contribution in [1.29, 1.82) is 0 Å². The Morgan fingerprint density at radius 3 is 2.52 bits per heavy atom. The molecule has 3 aromatic rings. The van der Waals surface area contributed by atoms with Crippen molar-refractivity contribution in [1.82, 2.24) is 15.5 Å². The molecule has 0 saturated heterocycles. The second kappa shape index (κ2) is 6.44. The lowest BCUT2D eigenvalue weighted by Crippen LogP contribution is -2.25. The molecule has 1 aromatic heterocycles. The van der Waals surface area contributed by atoms with Gasteiger partial charge in [0.25, 0.3) is 5.56 Å². The summed E-state index contributed by atoms with van der Waals surface area (Å²) in [4.78, 5) is 23.9. The largest absolute Gasteiger partial charge is 0.352 e. The summed E-state index contributed by atoms with van der Waals surface area (Å²) >= 11 is 0. The van der Waals surface area contributed by atoms with Crippen LogP contribution in [0.5, 0.6) is 0 Å². The molecule has 1 heterocycles. The van der Waals surface area contributed by atoms with E-state index in [4.69, 9.17) is 0 Å². The smallest absolute Gasteiger partial charge is 0.272 e. The van der Waals surface area contributed by atoms with Gasteiger partial charge in [-0.3, -0.25) is 9.59 Å². The zero-order valence-corrected chi connectivity index (χ0v) is 12.8. The van der Waals surface area contributed by atoms with E-state index in [1.165, 1.54) is 5.56 Å². The second-order valence-electron chi connectivity index (χ2n) is 5.48. The van der Waals surface area contributed by atoms with Gasteiger partial charge in [0.15, 0.2) is 0 Å². The molecule has 0 bridgehead atoms. The SMILES string of the molecule is Cc1ccc(CNC(=O)Cc2n[nH]c(=O)c3ccccc23)cc1. The predicted octanol–water partition coefficient (Wildman–Crippen LogP) is 2.09. The Bertz CT molecular complexity index is 898. The lowest BCUT2D eigenvalue weighted by molar-refractivity contribution is -0.120. The Kier molecular flexibility index (Phi) is 4.19. The molecular weight excluding hydrogens is 290 g/mol. The highest BCUT2D eigenvalue weighted by Gasteiger charge is 2.10. The number of aryl methyl sites for hydroxylation is 1. The van der Waals surface area contributed by atoms with Gasteiger partial charge in [-0.2, -0.15) is 5.10 Å². The number of aromatic amines is 1. The van der Waals surface area contributed by atoms with E-state index in [-0.39, 0.29) is 17.9 Å². The molecule has 0 fully saturated rings. The van der Waals surface area contributed by atoms with Gasteiger partial charge in [0, 0.05) is 11.9 Å². The van der Waals surface area contributed by atoms with Crippen LogP contribution in [0.1, 0.15) is 16.8 Å². The number of carbonyl (C=O) groups excluding carboxylic acids is 1. The van der Waals surface area contributed by atoms with Crippen LogP contribution in [-0.2, 0) is 17.8 Å². The summed E-state index contributed by atoms with van der Waals surface area (Å²) in [5.41, 5.74) is 2.55. The summed E-state index contributed by atoms with van der Waals surface area (Å²) in [5, 5.41) is 10.6. The van der Waals surface area contributed by atoms with Crippen LogP contribution in [0.3, 0.4) is 0 Å². The number of nitrogens with zero attached hydrogens (tertiary/aromatic N) is 1. The van der Waals surface area contributed by atoms with Crippen molar-refractivity contribution in [2.45, 2.75) is 19.9 Å². The summed E-state index contributed by atoms with van der Waals surface area (Å²) in [5.74, 6) is -0.129. The summed E-state index contributed by atoms with van der Waals surface area (Å²) in [6, 6.07) is 15.2. The number of benzene rings is 2. The molecule has 23 heavy (non-hydrogen) atoms. The van der Waals surface area contributed by atoms with Crippen LogP contribution in [0.15, 0.2) is 53.3 Å². The fourth-order valence-corrected chi connectivity index (χ4v) is 2.43. The van der Waals surface area contributed by atoms with Gasteiger partial charge in [0.05, 0.1) is 17.5 Å². The van der Waals surface area contributed by atoms with E-state index in [1.807, 2.05) is 37.3 Å². The third-order valence-corrected chi connectivity index (χ3v) is 3.71. The maximum atomic E-state index is 12.1. The van der Waals surface area contributed by atoms with E-state index in [1.54, 1.807) is 18.2 Å². The van der Waals surface area contributed by atoms with Gasteiger partial charge < -0.3 is 5.32 Å². The zero-order valence-electron chi connectivity index (χ0n) is 12.8. The highest BCUT2D eigenvalue weighted by atomic mass is 16.1. The van der Waals surface area contributed by atoms with Crippen molar-refractivity contribution < 1.29 is 4.79 Å². The van der Waals surface area contributed by atoms with Crippen molar-refractivity contribution in [3.05, 3.63) is 75.7 Å². The molecule has 2 N–H and O–H groups in total. The van der Waals surface area contributed by atoms with E-state index in [9.17, 15) is 9.59 Å². The van der Waals surface area contributed by atoms with Gasteiger partial charge in [0.2, 0.25) is 5.91 Å². The van der Waals surface area contributed by atoms with E-state index >= 15 is 0 Å². The molecule has 0 atom stereocenters. The molecule has 0 aliphatic heterocycles. The van der Waals surface area contributed by atoms with Crippen molar-refractivity contribution in [3.8, 4) is 0 Å². The number of aromatic nitrogens is 2. The quantitative estimate of drug-likeness (QED) is 0.775. The molecule has 0 unspecified atom stereocenters. The molecular formula is C18H17N3O2. The number of amides is 1. The minimum Gasteiger partial charge on any atom is -0.352 e. The molecule has 116 valence electrons. The fourth-order valence-electron chi connectivity index (χ4n) is 2.43. The Morgan fingerprint density at radius 2 is 1.78 bits per heavy atom. The summed E-state index contributed by atoms with van der Waals surface area (Å²) in [6.45, 7) is 2.50. The minimum atomic E-state index is -0.246. The number of H-pyrrole nitrogens is 1. The Labute approximate surface area is 133 Å². The number of hydrogen-bond acceptors (Lipinski definition) is 3. The number of nitrogens with one attached hydrogen (secondary N) is 2.